The van der Waals surface area contributed by atoms with E-state index in [2.05, 4.69) is 16.6 Å². The summed E-state index contributed by atoms with van der Waals surface area (Å²) >= 11 is 13.3. The molecule has 0 aliphatic rings. The van der Waals surface area contributed by atoms with Crippen molar-refractivity contribution >= 4 is 50.9 Å². The van der Waals surface area contributed by atoms with Crippen molar-refractivity contribution in [3.8, 4) is 5.75 Å². The number of hydrogen-bond acceptors (Lipinski definition) is 5. The van der Waals surface area contributed by atoms with Crippen LogP contribution in [0.1, 0.15) is 0 Å². The zero-order valence-corrected chi connectivity index (χ0v) is 13.3. The van der Waals surface area contributed by atoms with E-state index in [9.17, 15) is 9.90 Å². The van der Waals surface area contributed by atoms with Crippen LogP contribution in [-0.4, -0.2) is 26.0 Å². The SMILES string of the molecule is C=CN=C(Cn1cnc2c(O)c(Cl)cc(Cl)c2c1=O)SC. The van der Waals surface area contributed by atoms with E-state index in [1.165, 1.54) is 34.9 Å². The van der Waals surface area contributed by atoms with Crippen molar-refractivity contribution in [2.24, 2.45) is 4.99 Å². The third kappa shape index (κ3) is 3.07. The molecule has 0 fully saturated rings. The van der Waals surface area contributed by atoms with Crippen LogP contribution in [0.2, 0.25) is 10.0 Å². The second-order valence-corrected chi connectivity index (χ2v) is 5.69. The molecule has 2 aromatic rings. The minimum atomic E-state index is -0.372. The van der Waals surface area contributed by atoms with Crippen LogP contribution in [0.3, 0.4) is 0 Å². The van der Waals surface area contributed by atoms with Crippen LogP contribution >= 0.6 is 35.0 Å². The van der Waals surface area contributed by atoms with E-state index in [1.54, 1.807) is 0 Å². The number of benzene rings is 1. The van der Waals surface area contributed by atoms with E-state index in [1.807, 2.05) is 6.26 Å². The molecule has 110 valence electrons. The minimum absolute atomic E-state index is 0.0511. The molecular formula is C13H11Cl2N3O2S. The standard InChI is InChI=1S/C13H11Cl2N3O2S/c1-3-16-9(21-2)5-18-6-17-11-10(13(18)20)7(14)4-8(15)12(11)19/h3-4,6,19H,1,5H2,2H3. The number of phenols is 1. The fraction of sp³-hybridized carbons (Fsp3) is 0.154. The maximum absolute atomic E-state index is 12.5. The smallest absolute Gasteiger partial charge is 0.263 e. The molecule has 0 radical (unpaired) electrons. The largest absolute Gasteiger partial charge is 0.504 e. The summed E-state index contributed by atoms with van der Waals surface area (Å²) in [6.07, 6.45) is 4.58. The lowest BCUT2D eigenvalue weighted by Crippen LogP contribution is -2.23. The zero-order valence-electron chi connectivity index (χ0n) is 11.0. The lowest BCUT2D eigenvalue weighted by Gasteiger charge is -2.09. The van der Waals surface area contributed by atoms with Gasteiger partial charge in [0.25, 0.3) is 5.56 Å². The predicted molar refractivity (Wildman–Crippen MR) is 88.8 cm³/mol. The number of rotatable bonds is 3. The molecule has 0 saturated heterocycles. The fourth-order valence-corrected chi connectivity index (χ4v) is 2.75. The normalized spacial score (nSPS) is 11.9. The van der Waals surface area contributed by atoms with Crippen LogP contribution in [0.25, 0.3) is 10.9 Å². The number of phenolic OH excluding ortho intramolecular Hbond substituents is 1. The van der Waals surface area contributed by atoms with Gasteiger partial charge in [-0.15, -0.1) is 11.8 Å². The van der Waals surface area contributed by atoms with Crippen LogP contribution < -0.4 is 5.56 Å². The number of aromatic hydroxyl groups is 1. The summed E-state index contributed by atoms with van der Waals surface area (Å²) in [6.45, 7) is 3.77. The topological polar surface area (TPSA) is 67.5 Å². The Morgan fingerprint density at radius 3 is 2.90 bits per heavy atom. The van der Waals surface area contributed by atoms with Gasteiger partial charge >= 0.3 is 0 Å². The molecule has 0 atom stereocenters. The zero-order chi connectivity index (χ0) is 15.6. The number of aromatic nitrogens is 2. The van der Waals surface area contributed by atoms with Crippen molar-refractivity contribution in [2.75, 3.05) is 6.26 Å². The van der Waals surface area contributed by atoms with Crippen LogP contribution in [0.15, 0.2) is 35.0 Å². The molecule has 5 nitrogen and oxygen atoms in total. The van der Waals surface area contributed by atoms with Crippen molar-refractivity contribution in [3.63, 3.8) is 0 Å². The summed E-state index contributed by atoms with van der Waals surface area (Å²) < 4.78 is 1.36. The number of thioether (sulfide) groups is 1. The van der Waals surface area contributed by atoms with Gasteiger partial charge in [-0.05, 0) is 12.3 Å². The first-order valence-corrected chi connectivity index (χ1v) is 7.75. The highest BCUT2D eigenvalue weighted by Crippen LogP contribution is 2.34. The van der Waals surface area contributed by atoms with Gasteiger partial charge in [0, 0.05) is 6.20 Å². The Morgan fingerprint density at radius 2 is 2.29 bits per heavy atom. The molecule has 1 aromatic heterocycles. The van der Waals surface area contributed by atoms with Gasteiger partial charge in [0.15, 0.2) is 5.75 Å². The second-order valence-electron chi connectivity index (χ2n) is 4.00. The summed E-state index contributed by atoms with van der Waals surface area (Å²) in [7, 11) is 0. The summed E-state index contributed by atoms with van der Waals surface area (Å²) in [5.41, 5.74) is -0.289. The number of fused-ring (bicyclic) bond motifs is 1. The second kappa shape index (κ2) is 6.51. The summed E-state index contributed by atoms with van der Waals surface area (Å²) in [4.78, 5) is 20.6. The summed E-state index contributed by atoms with van der Waals surface area (Å²) in [6, 6.07) is 1.32. The van der Waals surface area contributed by atoms with Gasteiger partial charge in [-0.25, -0.2) is 4.98 Å². The van der Waals surface area contributed by atoms with Gasteiger partial charge in [-0.3, -0.25) is 14.4 Å². The monoisotopic (exact) mass is 343 g/mol. The van der Waals surface area contributed by atoms with Crippen molar-refractivity contribution < 1.29 is 5.11 Å². The molecule has 0 bridgehead atoms. The number of nitrogens with zero attached hydrogens (tertiary/aromatic N) is 3. The molecule has 8 heteroatoms. The molecule has 0 unspecified atom stereocenters. The van der Waals surface area contributed by atoms with Crippen LogP contribution in [0.5, 0.6) is 5.75 Å². The number of aliphatic imine (C=N–C) groups is 1. The van der Waals surface area contributed by atoms with Crippen molar-refractivity contribution in [2.45, 2.75) is 6.54 Å². The summed E-state index contributed by atoms with van der Waals surface area (Å²) in [5.74, 6) is -0.259. The lowest BCUT2D eigenvalue weighted by atomic mass is 10.2. The Labute approximate surface area is 134 Å². The van der Waals surface area contributed by atoms with E-state index in [0.717, 1.165) is 0 Å². The molecule has 0 spiro atoms. The lowest BCUT2D eigenvalue weighted by molar-refractivity contribution is 0.480. The highest BCUT2D eigenvalue weighted by atomic mass is 35.5. The molecule has 0 saturated carbocycles. The van der Waals surface area contributed by atoms with E-state index in [-0.39, 0.29) is 38.8 Å². The minimum Gasteiger partial charge on any atom is -0.504 e. The fourth-order valence-electron chi connectivity index (χ4n) is 1.77. The van der Waals surface area contributed by atoms with Crippen LogP contribution in [0.4, 0.5) is 0 Å². The quantitative estimate of drug-likeness (QED) is 0.685. The molecule has 0 aliphatic carbocycles. The molecule has 1 heterocycles. The maximum Gasteiger partial charge on any atom is 0.263 e. The highest BCUT2D eigenvalue weighted by molar-refractivity contribution is 8.13. The Kier molecular flexibility index (Phi) is 4.92. The molecular weight excluding hydrogens is 333 g/mol. The molecule has 1 N–H and O–H groups in total. The molecule has 0 amide bonds. The van der Waals surface area contributed by atoms with E-state index < -0.39 is 0 Å². The Hall–Kier alpha value is -1.50. The third-order valence-corrected chi connectivity index (χ3v) is 4.05. The van der Waals surface area contributed by atoms with Gasteiger partial charge in [-0.2, -0.15) is 0 Å². The first-order chi connectivity index (χ1) is 9.99. The molecule has 1 aromatic carbocycles. The number of halogens is 2. The van der Waals surface area contributed by atoms with Crippen molar-refractivity contribution in [1.29, 1.82) is 0 Å². The Bertz CT molecular complexity index is 802. The molecule has 21 heavy (non-hydrogen) atoms. The van der Waals surface area contributed by atoms with Crippen molar-refractivity contribution in [1.82, 2.24) is 9.55 Å². The van der Waals surface area contributed by atoms with Crippen LogP contribution in [-0.2, 0) is 6.54 Å². The average molecular weight is 344 g/mol. The Balaban J connectivity index is 2.65. The first kappa shape index (κ1) is 15.9. The molecule has 0 aliphatic heterocycles. The Morgan fingerprint density at radius 1 is 1.57 bits per heavy atom. The van der Waals surface area contributed by atoms with Gasteiger partial charge in [-0.1, -0.05) is 29.8 Å². The van der Waals surface area contributed by atoms with Gasteiger partial charge in [0.2, 0.25) is 0 Å². The van der Waals surface area contributed by atoms with Gasteiger partial charge < -0.3 is 5.11 Å². The number of hydrogen-bond donors (Lipinski definition) is 1. The maximum atomic E-state index is 12.5. The van der Waals surface area contributed by atoms with E-state index >= 15 is 0 Å². The van der Waals surface area contributed by atoms with E-state index in [0.29, 0.717) is 5.04 Å². The average Bonchev–Trinajstić information content (AvgIpc) is 2.46. The van der Waals surface area contributed by atoms with Gasteiger partial charge in [0.05, 0.1) is 33.3 Å². The van der Waals surface area contributed by atoms with Gasteiger partial charge in [0.1, 0.15) is 5.52 Å². The van der Waals surface area contributed by atoms with Crippen molar-refractivity contribution in [3.05, 3.63) is 45.6 Å². The predicted octanol–water partition coefficient (Wildman–Crippen LogP) is 3.31. The third-order valence-electron chi connectivity index (χ3n) is 2.76. The highest BCUT2D eigenvalue weighted by Gasteiger charge is 2.15. The van der Waals surface area contributed by atoms with E-state index in [4.69, 9.17) is 23.2 Å². The summed E-state index contributed by atoms with van der Waals surface area (Å²) in [5, 5.41) is 10.9. The first-order valence-electron chi connectivity index (χ1n) is 5.77. The molecule has 2 rings (SSSR count). The van der Waals surface area contributed by atoms with Crippen LogP contribution in [0, 0.1) is 0 Å².